The topological polar surface area (TPSA) is 172 Å². The van der Waals surface area contributed by atoms with Gasteiger partial charge in [-0.05, 0) is 45.4 Å². The van der Waals surface area contributed by atoms with Crippen LogP contribution in [0.15, 0.2) is 18.2 Å². The predicted octanol–water partition coefficient (Wildman–Crippen LogP) is 0.267. The quantitative estimate of drug-likeness (QED) is 0.156. The lowest BCUT2D eigenvalue weighted by Gasteiger charge is -2.35. The van der Waals surface area contributed by atoms with Crippen LogP contribution in [-0.2, 0) is 28.8 Å². The van der Waals surface area contributed by atoms with E-state index >= 15 is 0 Å². The molecular weight excluding hydrogens is 502 g/mol. The number of hydrogen-bond acceptors (Lipinski definition) is 9. The first-order chi connectivity index (χ1) is 17.7. The summed E-state index contributed by atoms with van der Waals surface area (Å²) in [4.78, 5) is 87.8. The molecule has 1 aliphatic heterocycles. The van der Waals surface area contributed by atoms with Crippen molar-refractivity contribution >= 4 is 42.1 Å². The third-order valence-corrected chi connectivity index (χ3v) is 5.33. The van der Waals surface area contributed by atoms with E-state index in [9.17, 15) is 33.6 Å². The Morgan fingerprint density at radius 2 is 1.63 bits per heavy atom. The van der Waals surface area contributed by atoms with Gasteiger partial charge in [-0.25, -0.2) is 4.79 Å². The minimum Gasteiger partial charge on any atom is -0.423 e. The van der Waals surface area contributed by atoms with Gasteiger partial charge in [-0.3, -0.25) is 44.1 Å². The highest BCUT2D eigenvalue weighted by Crippen LogP contribution is 2.31. The Morgan fingerprint density at radius 3 is 2.16 bits per heavy atom. The van der Waals surface area contributed by atoms with Crippen LogP contribution in [0, 0.1) is 0 Å². The van der Waals surface area contributed by atoms with Gasteiger partial charge in [-0.15, -0.1) is 0 Å². The van der Waals surface area contributed by atoms with E-state index in [-0.39, 0.29) is 36.7 Å². The zero-order valence-corrected chi connectivity index (χ0v) is 22.0. The number of hydrazine groups is 1. The lowest BCUT2D eigenvalue weighted by atomic mass is 10.0. The first kappa shape index (κ1) is 29.7. The summed E-state index contributed by atoms with van der Waals surface area (Å²) < 4.78 is 10.1. The summed E-state index contributed by atoms with van der Waals surface area (Å²) in [6, 6.07) is 1.18. The highest BCUT2D eigenvalue weighted by molar-refractivity contribution is 6.38. The molecule has 0 aromatic heterocycles. The van der Waals surface area contributed by atoms with Crippen LogP contribution >= 0.6 is 0 Å². The largest absolute Gasteiger partial charge is 0.423 e. The number of piperazine rings is 1. The van der Waals surface area contributed by atoms with Crippen molar-refractivity contribution in [2.24, 2.45) is 0 Å². The molecule has 1 fully saturated rings. The zero-order chi connectivity index (χ0) is 28.8. The first-order valence-electron chi connectivity index (χ1n) is 11.7. The molecule has 1 heterocycles. The molecule has 1 aromatic rings. The Morgan fingerprint density at radius 1 is 1.03 bits per heavy atom. The van der Waals surface area contributed by atoms with Gasteiger partial charge in [0.15, 0.2) is 11.5 Å². The lowest BCUT2D eigenvalue weighted by molar-refractivity contribution is -0.153. The van der Waals surface area contributed by atoms with Crippen molar-refractivity contribution in [1.82, 2.24) is 25.6 Å². The number of likely N-dealkylation sites (N-methyl/N-ethyl adjacent to an activating group) is 1. The van der Waals surface area contributed by atoms with Crippen molar-refractivity contribution in [3.63, 3.8) is 0 Å². The van der Waals surface area contributed by atoms with E-state index in [1.807, 2.05) is 0 Å². The lowest BCUT2D eigenvalue weighted by Crippen LogP contribution is -2.60. The SMILES string of the molecule is CCN1CCN(C(=O)NC(C(=O)NN(C=O)C(C)(C)C)c2ccc(OC(C)=O)c(OC(C)=O)c2)C(=O)C1=O. The number of rotatable bonds is 8. The number of hydrogen-bond donors (Lipinski definition) is 2. The minimum absolute atomic E-state index is 0.0497. The number of urea groups is 1. The molecule has 1 atom stereocenters. The molecular formula is C24H31N5O9. The fourth-order valence-electron chi connectivity index (χ4n) is 3.39. The van der Waals surface area contributed by atoms with Crippen LogP contribution in [0.2, 0.25) is 0 Å². The number of esters is 2. The Balaban J connectivity index is 2.48. The second-order valence-electron chi connectivity index (χ2n) is 9.24. The number of ether oxygens (including phenoxy) is 2. The van der Waals surface area contributed by atoms with E-state index in [1.165, 1.54) is 23.1 Å². The van der Waals surface area contributed by atoms with Gasteiger partial charge >= 0.3 is 29.8 Å². The highest BCUT2D eigenvalue weighted by Gasteiger charge is 2.37. The normalized spacial score (nSPS) is 14.4. The molecule has 0 spiro atoms. The van der Waals surface area contributed by atoms with E-state index < -0.39 is 47.3 Å². The Hall–Kier alpha value is -4.49. The number of carbonyl (C=O) groups excluding carboxylic acids is 7. The second kappa shape index (κ2) is 12.2. The fraction of sp³-hybridized carbons (Fsp3) is 0.458. The fourth-order valence-corrected chi connectivity index (χ4v) is 3.39. The number of imide groups is 1. The molecule has 2 N–H and O–H groups in total. The Kier molecular flexibility index (Phi) is 9.52. The molecule has 14 heteroatoms. The number of carbonyl (C=O) groups is 7. The smallest absolute Gasteiger partial charge is 0.325 e. The van der Waals surface area contributed by atoms with Gasteiger partial charge in [-0.1, -0.05) is 6.07 Å². The zero-order valence-electron chi connectivity index (χ0n) is 22.0. The Bertz CT molecular complexity index is 1140. The molecule has 0 aliphatic carbocycles. The monoisotopic (exact) mass is 533 g/mol. The predicted molar refractivity (Wildman–Crippen MR) is 130 cm³/mol. The molecule has 0 saturated carbocycles. The molecule has 1 aliphatic rings. The van der Waals surface area contributed by atoms with Gasteiger partial charge in [0.2, 0.25) is 6.41 Å². The van der Waals surface area contributed by atoms with Crippen LogP contribution in [0.4, 0.5) is 4.79 Å². The van der Waals surface area contributed by atoms with E-state index in [4.69, 9.17) is 9.47 Å². The van der Waals surface area contributed by atoms with Crippen molar-refractivity contribution in [2.45, 2.75) is 53.1 Å². The molecule has 1 unspecified atom stereocenters. The Labute approximate surface area is 219 Å². The maximum Gasteiger partial charge on any atom is 0.325 e. The molecule has 1 aromatic carbocycles. The third kappa shape index (κ3) is 7.27. The molecule has 2 rings (SSSR count). The maximum atomic E-state index is 13.3. The average molecular weight is 534 g/mol. The number of benzene rings is 1. The third-order valence-electron chi connectivity index (χ3n) is 5.33. The highest BCUT2D eigenvalue weighted by atomic mass is 16.6. The molecule has 0 bridgehead atoms. The van der Waals surface area contributed by atoms with Crippen molar-refractivity contribution in [1.29, 1.82) is 0 Å². The summed E-state index contributed by atoms with van der Waals surface area (Å²) in [5.74, 6) is -4.61. The maximum absolute atomic E-state index is 13.3. The molecule has 14 nitrogen and oxygen atoms in total. The molecule has 206 valence electrons. The van der Waals surface area contributed by atoms with Crippen LogP contribution in [0.1, 0.15) is 53.1 Å². The molecule has 0 radical (unpaired) electrons. The van der Waals surface area contributed by atoms with Crippen LogP contribution in [0.5, 0.6) is 11.5 Å². The van der Waals surface area contributed by atoms with Crippen molar-refractivity contribution in [3.05, 3.63) is 23.8 Å². The number of nitrogens with one attached hydrogen (secondary N) is 2. The molecule has 38 heavy (non-hydrogen) atoms. The number of amides is 6. The first-order valence-corrected chi connectivity index (χ1v) is 11.7. The van der Waals surface area contributed by atoms with Gasteiger partial charge in [0.05, 0.1) is 5.54 Å². The summed E-state index contributed by atoms with van der Waals surface area (Å²) >= 11 is 0. The van der Waals surface area contributed by atoms with E-state index in [0.29, 0.717) is 11.3 Å². The van der Waals surface area contributed by atoms with Gasteiger partial charge in [0, 0.05) is 33.5 Å². The van der Waals surface area contributed by atoms with Crippen LogP contribution in [0.3, 0.4) is 0 Å². The summed E-state index contributed by atoms with van der Waals surface area (Å²) in [6.45, 7) is 9.19. The van der Waals surface area contributed by atoms with Crippen LogP contribution in [-0.4, -0.2) is 82.1 Å². The summed E-state index contributed by atoms with van der Waals surface area (Å²) in [6.07, 6.45) is 0.386. The van der Waals surface area contributed by atoms with Gasteiger partial charge in [0.1, 0.15) is 6.04 Å². The molecule has 1 saturated heterocycles. The minimum atomic E-state index is -1.54. The van der Waals surface area contributed by atoms with Crippen LogP contribution in [0.25, 0.3) is 0 Å². The summed E-state index contributed by atoms with van der Waals surface area (Å²) in [7, 11) is 0. The molecule has 6 amide bonds. The summed E-state index contributed by atoms with van der Waals surface area (Å²) in [5.41, 5.74) is 1.61. The standard InChI is InChI=1S/C24H31N5O9/c1-7-27-10-11-28(22(35)21(27)34)23(36)25-19(20(33)26-29(13-30)24(4,5)6)16-8-9-17(37-14(2)31)18(12-16)38-15(3)32/h8-9,12-13,19H,7,10-11H2,1-6H3,(H,25,36)(H,26,33). The van der Waals surface area contributed by atoms with E-state index in [1.54, 1.807) is 27.7 Å². The van der Waals surface area contributed by atoms with E-state index in [2.05, 4.69) is 10.7 Å². The van der Waals surface area contributed by atoms with E-state index in [0.717, 1.165) is 18.9 Å². The second-order valence-corrected chi connectivity index (χ2v) is 9.24. The van der Waals surface area contributed by atoms with Crippen LogP contribution < -0.4 is 20.2 Å². The van der Waals surface area contributed by atoms with Crippen molar-refractivity contribution in [2.75, 3.05) is 19.6 Å². The van der Waals surface area contributed by atoms with Gasteiger partial charge < -0.3 is 19.7 Å². The van der Waals surface area contributed by atoms with Gasteiger partial charge in [0.25, 0.3) is 5.91 Å². The number of nitrogens with zero attached hydrogens (tertiary/aromatic N) is 3. The van der Waals surface area contributed by atoms with Gasteiger partial charge in [-0.2, -0.15) is 0 Å². The average Bonchev–Trinajstić information content (AvgIpc) is 2.82. The van der Waals surface area contributed by atoms with Crippen molar-refractivity contribution in [3.8, 4) is 11.5 Å². The van der Waals surface area contributed by atoms with Crippen molar-refractivity contribution < 1.29 is 43.0 Å². The summed E-state index contributed by atoms with van der Waals surface area (Å²) in [5, 5.41) is 3.38.